The average Bonchev–Trinajstić information content (AvgIpc) is 2.91. The number of H-pyrrole nitrogens is 1. The summed E-state index contributed by atoms with van der Waals surface area (Å²) in [6, 6.07) is -0.0411. The van der Waals surface area contributed by atoms with Gasteiger partial charge in [0.25, 0.3) is 0 Å². The van der Waals surface area contributed by atoms with Gasteiger partial charge in [-0.3, -0.25) is 9.59 Å². The molecule has 1 fully saturated rings. The fourth-order valence-corrected chi connectivity index (χ4v) is 2.74. The SMILES string of the molecule is CC(=O)N1C[C@@H](N)CC[C@@H](C(=O)NCCCc2ncc[nH]2)C1. The van der Waals surface area contributed by atoms with Gasteiger partial charge in [-0.25, -0.2) is 4.98 Å². The second kappa shape index (κ2) is 7.93. The van der Waals surface area contributed by atoms with Crippen molar-refractivity contribution in [3.8, 4) is 0 Å². The molecule has 0 spiro atoms. The number of likely N-dealkylation sites (tertiary alicyclic amines) is 1. The molecular weight excluding hydrogens is 282 g/mol. The lowest BCUT2D eigenvalue weighted by atomic mass is 10.0. The Bertz CT molecular complexity index is 488. The maximum absolute atomic E-state index is 12.3. The standard InChI is InChI=1S/C15H25N5O2/c1-11(21)20-9-12(4-5-13(16)10-20)15(22)19-6-2-3-14-17-7-8-18-14/h7-8,12-13H,2-6,9-10,16H2,1H3,(H,17,18)(H,19,22)/t12-,13+/m1/s1. The van der Waals surface area contributed by atoms with Gasteiger partial charge in [-0.2, -0.15) is 0 Å². The molecule has 1 saturated heterocycles. The Morgan fingerprint density at radius 3 is 2.95 bits per heavy atom. The molecular formula is C15H25N5O2. The third-order valence-corrected chi connectivity index (χ3v) is 4.04. The maximum atomic E-state index is 12.3. The zero-order valence-corrected chi connectivity index (χ0v) is 13.0. The van der Waals surface area contributed by atoms with Crippen molar-refractivity contribution in [2.45, 2.75) is 38.6 Å². The van der Waals surface area contributed by atoms with Crippen LogP contribution in [0, 0.1) is 5.92 Å². The number of nitrogens with zero attached hydrogens (tertiary/aromatic N) is 2. The first kappa shape index (κ1) is 16.5. The van der Waals surface area contributed by atoms with E-state index in [0.29, 0.717) is 19.6 Å². The highest BCUT2D eigenvalue weighted by Crippen LogP contribution is 2.16. The monoisotopic (exact) mass is 307 g/mol. The minimum absolute atomic E-state index is 0.0137. The van der Waals surface area contributed by atoms with Crippen LogP contribution in [0.2, 0.25) is 0 Å². The normalized spacial score (nSPS) is 22.2. The van der Waals surface area contributed by atoms with Crippen LogP contribution in [0.5, 0.6) is 0 Å². The van der Waals surface area contributed by atoms with Gasteiger partial charge in [-0.05, 0) is 19.3 Å². The number of nitrogens with two attached hydrogens (primary N) is 1. The van der Waals surface area contributed by atoms with Gasteiger partial charge >= 0.3 is 0 Å². The van der Waals surface area contributed by atoms with Crippen molar-refractivity contribution in [3.63, 3.8) is 0 Å². The van der Waals surface area contributed by atoms with Crippen molar-refractivity contribution in [2.24, 2.45) is 11.7 Å². The topological polar surface area (TPSA) is 104 Å². The highest BCUT2D eigenvalue weighted by atomic mass is 16.2. The Kier molecular flexibility index (Phi) is 5.94. The number of carbonyl (C=O) groups is 2. The minimum Gasteiger partial charge on any atom is -0.356 e. The third-order valence-electron chi connectivity index (χ3n) is 4.04. The van der Waals surface area contributed by atoms with E-state index in [1.807, 2.05) is 0 Å². The molecule has 0 radical (unpaired) electrons. The molecule has 0 saturated carbocycles. The van der Waals surface area contributed by atoms with Crippen LogP contribution in [0.3, 0.4) is 0 Å². The molecule has 0 aliphatic carbocycles. The van der Waals surface area contributed by atoms with E-state index in [-0.39, 0.29) is 23.8 Å². The molecule has 2 amide bonds. The molecule has 2 heterocycles. The smallest absolute Gasteiger partial charge is 0.224 e. The molecule has 1 aromatic heterocycles. The van der Waals surface area contributed by atoms with E-state index in [4.69, 9.17) is 5.73 Å². The van der Waals surface area contributed by atoms with Crippen LogP contribution >= 0.6 is 0 Å². The van der Waals surface area contributed by atoms with Gasteiger partial charge in [0.2, 0.25) is 11.8 Å². The van der Waals surface area contributed by atoms with E-state index in [1.54, 1.807) is 17.3 Å². The Morgan fingerprint density at radius 1 is 1.45 bits per heavy atom. The highest BCUT2D eigenvalue weighted by molar-refractivity contribution is 5.80. The number of hydrogen-bond acceptors (Lipinski definition) is 4. The molecule has 2 atom stereocenters. The Balaban J connectivity index is 1.76. The van der Waals surface area contributed by atoms with Gasteiger partial charge in [-0.1, -0.05) is 0 Å². The summed E-state index contributed by atoms with van der Waals surface area (Å²) >= 11 is 0. The number of aromatic amines is 1. The lowest BCUT2D eigenvalue weighted by Crippen LogP contribution is -2.42. The summed E-state index contributed by atoms with van der Waals surface area (Å²) in [7, 11) is 0. The maximum Gasteiger partial charge on any atom is 0.224 e. The van der Waals surface area contributed by atoms with Crippen molar-refractivity contribution >= 4 is 11.8 Å². The van der Waals surface area contributed by atoms with E-state index in [0.717, 1.165) is 31.5 Å². The molecule has 7 heteroatoms. The zero-order valence-electron chi connectivity index (χ0n) is 13.0. The first-order chi connectivity index (χ1) is 10.6. The quantitative estimate of drug-likeness (QED) is 0.668. The third kappa shape index (κ3) is 4.84. The Morgan fingerprint density at radius 2 is 2.27 bits per heavy atom. The Hall–Kier alpha value is -1.89. The molecule has 1 aliphatic heterocycles. The van der Waals surface area contributed by atoms with Crippen LogP contribution in [0.25, 0.3) is 0 Å². The van der Waals surface area contributed by atoms with E-state index in [2.05, 4.69) is 15.3 Å². The first-order valence-corrected chi connectivity index (χ1v) is 7.83. The number of amides is 2. The molecule has 0 bridgehead atoms. The van der Waals surface area contributed by atoms with Gasteiger partial charge in [0.05, 0.1) is 5.92 Å². The number of nitrogens with one attached hydrogen (secondary N) is 2. The van der Waals surface area contributed by atoms with Crippen molar-refractivity contribution in [1.29, 1.82) is 0 Å². The predicted molar refractivity (Wildman–Crippen MR) is 82.9 cm³/mol. The summed E-state index contributed by atoms with van der Waals surface area (Å²) in [6.07, 6.45) is 6.66. The molecule has 122 valence electrons. The second-order valence-electron chi connectivity index (χ2n) is 5.89. The lowest BCUT2D eigenvalue weighted by molar-refractivity contribution is -0.131. The molecule has 2 rings (SSSR count). The molecule has 1 aromatic rings. The van der Waals surface area contributed by atoms with Gasteiger partial charge in [0.15, 0.2) is 0 Å². The molecule has 4 N–H and O–H groups in total. The largest absolute Gasteiger partial charge is 0.356 e. The second-order valence-corrected chi connectivity index (χ2v) is 5.89. The molecule has 0 aromatic carbocycles. The number of aryl methyl sites for hydroxylation is 1. The van der Waals surface area contributed by atoms with E-state index >= 15 is 0 Å². The van der Waals surface area contributed by atoms with Gasteiger partial charge in [0.1, 0.15) is 5.82 Å². The van der Waals surface area contributed by atoms with Gasteiger partial charge in [0, 0.05) is 51.4 Å². The first-order valence-electron chi connectivity index (χ1n) is 7.83. The zero-order chi connectivity index (χ0) is 15.9. The lowest BCUT2D eigenvalue weighted by Gasteiger charge is -2.23. The van der Waals surface area contributed by atoms with Crippen molar-refractivity contribution < 1.29 is 9.59 Å². The van der Waals surface area contributed by atoms with Gasteiger partial charge in [-0.15, -0.1) is 0 Å². The molecule has 22 heavy (non-hydrogen) atoms. The fourth-order valence-electron chi connectivity index (χ4n) is 2.74. The van der Waals surface area contributed by atoms with Crippen LogP contribution in [0.4, 0.5) is 0 Å². The number of hydrogen-bond donors (Lipinski definition) is 3. The Labute approximate surface area is 130 Å². The molecule has 1 aliphatic rings. The van der Waals surface area contributed by atoms with Crippen molar-refractivity contribution in [1.82, 2.24) is 20.2 Å². The van der Waals surface area contributed by atoms with E-state index in [9.17, 15) is 9.59 Å². The van der Waals surface area contributed by atoms with Crippen molar-refractivity contribution in [3.05, 3.63) is 18.2 Å². The van der Waals surface area contributed by atoms with Crippen molar-refractivity contribution in [2.75, 3.05) is 19.6 Å². The van der Waals surface area contributed by atoms with Crippen LogP contribution in [-0.2, 0) is 16.0 Å². The molecule has 7 nitrogen and oxygen atoms in total. The van der Waals surface area contributed by atoms with E-state index < -0.39 is 0 Å². The summed E-state index contributed by atoms with van der Waals surface area (Å²) in [6.45, 7) is 3.14. The average molecular weight is 307 g/mol. The molecule has 0 unspecified atom stereocenters. The number of imidazole rings is 1. The predicted octanol–water partition coefficient (Wildman–Crippen LogP) is 0.0443. The van der Waals surface area contributed by atoms with E-state index in [1.165, 1.54) is 6.92 Å². The summed E-state index contributed by atoms with van der Waals surface area (Å²) < 4.78 is 0. The summed E-state index contributed by atoms with van der Waals surface area (Å²) in [4.78, 5) is 32.7. The summed E-state index contributed by atoms with van der Waals surface area (Å²) in [5.74, 6) is 0.756. The van der Waals surface area contributed by atoms with Crippen LogP contribution in [-0.4, -0.2) is 52.4 Å². The highest BCUT2D eigenvalue weighted by Gasteiger charge is 2.27. The van der Waals surface area contributed by atoms with Crippen LogP contribution in [0.1, 0.15) is 32.0 Å². The summed E-state index contributed by atoms with van der Waals surface area (Å²) in [5.41, 5.74) is 5.97. The number of carbonyl (C=O) groups excluding carboxylic acids is 2. The minimum atomic E-state index is -0.166. The van der Waals surface area contributed by atoms with Crippen LogP contribution < -0.4 is 11.1 Å². The number of aromatic nitrogens is 2. The number of rotatable bonds is 5. The van der Waals surface area contributed by atoms with Crippen LogP contribution in [0.15, 0.2) is 12.4 Å². The summed E-state index contributed by atoms with van der Waals surface area (Å²) in [5, 5.41) is 2.96. The fraction of sp³-hybridized carbons (Fsp3) is 0.667. The van der Waals surface area contributed by atoms with Gasteiger partial charge < -0.3 is 20.9 Å².